The molecule has 144 valence electrons. The van der Waals surface area contributed by atoms with Gasteiger partial charge in [-0.15, -0.1) is 0 Å². The van der Waals surface area contributed by atoms with Crippen molar-refractivity contribution < 1.29 is 13.5 Å². The maximum Gasteiger partial charge on any atom is 0.387 e. The van der Waals surface area contributed by atoms with E-state index in [0.717, 1.165) is 10.9 Å². The van der Waals surface area contributed by atoms with E-state index in [2.05, 4.69) is 15.8 Å². The number of fused-ring (bicyclic) bond motifs is 1. The molecule has 0 unspecified atom stereocenters. The highest BCUT2D eigenvalue weighted by Crippen LogP contribution is 2.31. The Hall–Kier alpha value is -3.06. The third kappa shape index (κ3) is 5.01. The number of hydrogen-bond donors (Lipinski definition) is 2. The zero-order valence-electron chi connectivity index (χ0n) is 15.2. The van der Waals surface area contributed by atoms with E-state index in [-0.39, 0.29) is 5.75 Å². The smallest absolute Gasteiger partial charge is 0.387 e. The van der Waals surface area contributed by atoms with E-state index in [4.69, 9.17) is 17.0 Å². The SMILES string of the molecule is C/C(=N/NC(=S)NCc1ccccc1)c1ccc2ccccc2c1OC(F)F. The Morgan fingerprint density at radius 2 is 1.75 bits per heavy atom. The van der Waals surface area contributed by atoms with E-state index >= 15 is 0 Å². The lowest BCUT2D eigenvalue weighted by Crippen LogP contribution is -2.32. The summed E-state index contributed by atoms with van der Waals surface area (Å²) in [5, 5.41) is 9.00. The zero-order valence-corrected chi connectivity index (χ0v) is 16.0. The van der Waals surface area contributed by atoms with Crippen LogP contribution in [-0.2, 0) is 6.54 Å². The fourth-order valence-electron chi connectivity index (χ4n) is 2.76. The number of ether oxygens (including phenoxy) is 1. The van der Waals surface area contributed by atoms with Gasteiger partial charge in [-0.3, -0.25) is 5.43 Å². The van der Waals surface area contributed by atoms with Crippen LogP contribution in [0.25, 0.3) is 10.8 Å². The Balaban J connectivity index is 1.76. The van der Waals surface area contributed by atoms with Crippen LogP contribution < -0.4 is 15.5 Å². The number of nitrogens with one attached hydrogen (secondary N) is 2. The molecule has 0 atom stereocenters. The summed E-state index contributed by atoms with van der Waals surface area (Å²) in [7, 11) is 0. The average Bonchev–Trinajstić information content (AvgIpc) is 2.71. The third-order valence-corrected chi connectivity index (χ3v) is 4.33. The number of thiocarbonyl (C=S) groups is 1. The number of hydrogen-bond acceptors (Lipinski definition) is 3. The van der Waals surface area contributed by atoms with Crippen molar-refractivity contribution in [3.8, 4) is 5.75 Å². The van der Waals surface area contributed by atoms with Gasteiger partial charge in [-0.1, -0.05) is 60.7 Å². The molecule has 0 aliphatic carbocycles. The van der Waals surface area contributed by atoms with Crippen molar-refractivity contribution in [2.75, 3.05) is 0 Å². The second kappa shape index (κ2) is 9.23. The topological polar surface area (TPSA) is 45.7 Å². The average molecular weight is 399 g/mol. The summed E-state index contributed by atoms with van der Waals surface area (Å²) in [5.74, 6) is 0.0966. The van der Waals surface area contributed by atoms with Crippen molar-refractivity contribution >= 4 is 33.8 Å². The number of rotatable bonds is 6. The predicted octanol–water partition coefficient (Wildman–Crippen LogP) is 4.83. The van der Waals surface area contributed by atoms with Gasteiger partial charge in [-0.25, -0.2) is 0 Å². The van der Waals surface area contributed by atoms with E-state index in [0.29, 0.717) is 28.3 Å². The molecule has 0 amide bonds. The zero-order chi connectivity index (χ0) is 19.9. The Kier molecular flexibility index (Phi) is 6.49. The molecule has 0 bridgehead atoms. The van der Waals surface area contributed by atoms with Gasteiger partial charge in [0.25, 0.3) is 0 Å². The van der Waals surface area contributed by atoms with Crippen LogP contribution in [0.15, 0.2) is 71.8 Å². The van der Waals surface area contributed by atoms with Crippen LogP contribution >= 0.6 is 12.2 Å². The molecule has 0 aromatic heterocycles. The van der Waals surface area contributed by atoms with Gasteiger partial charge in [0.1, 0.15) is 5.75 Å². The van der Waals surface area contributed by atoms with E-state index < -0.39 is 6.61 Å². The molecule has 0 aliphatic heterocycles. The lowest BCUT2D eigenvalue weighted by atomic mass is 10.0. The Morgan fingerprint density at radius 1 is 1.04 bits per heavy atom. The summed E-state index contributed by atoms with van der Waals surface area (Å²) in [5.41, 5.74) is 4.77. The number of halogens is 2. The lowest BCUT2D eigenvalue weighted by Gasteiger charge is -2.14. The Labute approximate surface area is 167 Å². The van der Waals surface area contributed by atoms with Gasteiger partial charge in [0.15, 0.2) is 5.11 Å². The van der Waals surface area contributed by atoms with Gasteiger partial charge in [0.2, 0.25) is 0 Å². The first-order valence-electron chi connectivity index (χ1n) is 8.63. The molecule has 0 saturated heterocycles. The largest absolute Gasteiger partial charge is 0.433 e. The van der Waals surface area contributed by atoms with Gasteiger partial charge < -0.3 is 10.1 Å². The summed E-state index contributed by atoms with van der Waals surface area (Å²) in [6.07, 6.45) is 0. The molecule has 0 spiro atoms. The van der Waals surface area contributed by atoms with E-state index in [9.17, 15) is 8.78 Å². The highest BCUT2D eigenvalue weighted by molar-refractivity contribution is 7.80. The van der Waals surface area contributed by atoms with Gasteiger partial charge in [0, 0.05) is 17.5 Å². The summed E-state index contributed by atoms with van der Waals surface area (Å²) >= 11 is 5.22. The Morgan fingerprint density at radius 3 is 2.50 bits per heavy atom. The molecule has 0 radical (unpaired) electrons. The normalized spacial score (nSPS) is 11.5. The second-order valence-corrected chi connectivity index (χ2v) is 6.43. The van der Waals surface area contributed by atoms with Crippen LogP contribution in [0.4, 0.5) is 8.78 Å². The fourth-order valence-corrected chi connectivity index (χ4v) is 2.87. The first-order chi connectivity index (χ1) is 13.5. The molecule has 4 nitrogen and oxygen atoms in total. The minimum absolute atomic E-state index is 0.0966. The number of benzene rings is 3. The summed E-state index contributed by atoms with van der Waals surface area (Å²) < 4.78 is 30.7. The molecule has 7 heteroatoms. The van der Waals surface area contributed by atoms with Gasteiger partial charge >= 0.3 is 6.61 Å². The maximum absolute atomic E-state index is 13.0. The molecule has 3 aromatic carbocycles. The van der Waals surface area contributed by atoms with Crippen molar-refractivity contribution in [3.63, 3.8) is 0 Å². The molecule has 2 N–H and O–H groups in total. The van der Waals surface area contributed by atoms with Crippen LogP contribution in [0, 0.1) is 0 Å². The van der Waals surface area contributed by atoms with E-state index in [1.807, 2.05) is 48.5 Å². The Bertz CT molecular complexity index is 993. The quantitative estimate of drug-likeness (QED) is 0.354. The highest BCUT2D eigenvalue weighted by atomic mass is 32.1. The van der Waals surface area contributed by atoms with Gasteiger partial charge in [-0.2, -0.15) is 13.9 Å². The van der Waals surface area contributed by atoms with Crippen LogP contribution in [0.3, 0.4) is 0 Å². The van der Waals surface area contributed by atoms with Crippen molar-refractivity contribution in [1.29, 1.82) is 0 Å². The fraction of sp³-hybridized carbons (Fsp3) is 0.143. The van der Waals surface area contributed by atoms with Crippen molar-refractivity contribution in [3.05, 3.63) is 77.9 Å². The second-order valence-electron chi connectivity index (χ2n) is 6.02. The lowest BCUT2D eigenvalue weighted by molar-refractivity contribution is -0.0489. The molecular weight excluding hydrogens is 380 g/mol. The summed E-state index contributed by atoms with van der Waals surface area (Å²) in [6.45, 7) is -0.675. The maximum atomic E-state index is 13.0. The van der Waals surface area contributed by atoms with Crippen LogP contribution in [0.5, 0.6) is 5.75 Å². The molecular formula is C21H19F2N3OS. The monoisotopic (exact) mass is 399 g/mol. The van der Waals surface area contributed by atoms with Crippen LogP contribution in [-0.4, -0.2) is 17.4 Å². The minimum Gasteiger partial charge on any atom is -0.433 e. The van der Waals surface area contributed by atoms with Crippen molar-refractivity contribution in [2.45, 2.75) is 20.1 Å². The van der Waals surface area contributed by atoms with Crippen LogP contribution in [0.2, 0.25) is 0 Å². The number of alkyl halides is 2. The summed E-state index contributed by atoms with van der Waals surface area (Å²) in [4.78, 5) is 0. The number of nitrogens with zero attached hydrogens (tertiary/aromatic N) is 1. The van der Waals surface area contributed by atoms with Gasteiger partial charge in [-0.05, 0) is 36.2 Å². The molecule has 0 fully saturated rings. The highest BCUT2D eigenvalue weighted by Gasteiger charge is 2.15. The first kappa shape index (κ1) is 19.7. The standard InChI is InChI=1S/C21H19F2N3OS/c1-14(25-26-21(28)24-13-15-7-3-2-4-8-15)17-12-11-16-9-5-6-10-18(16)19(17)27-20(22)23/h2-12,20H,13H2,1H3,(H2,24,26,28)/b25-14-. The van der Waals surface area contributed by atoms with E-state index in [1.54, 1.807) is 25.1 Å². The first-order valence-corrected chi connectivity index (χ1v) is 9.04. The third-order valence-electron chi connectivity index (χ3n) is 4.10. The molecule has 3 rings (SSSR count). The molecule has 3 aromatic rings. The molecule has 0 aliphatic rings. The van der Waals surface area contributed by atoms with E-state index in [1.165, 1.54) is 0 Å². The van der Waals surface area contributed by atoms with Crippen molar-refractivity contribution in [2.24, 2.45) is 5.10 Å². The predicted molar refractivity (Wildman–Crippen MR) is 112 cm³/mol. The summed E-state index contributed by atoms with van der Waals surface area (Å²) in [6, 6.07) is 20.5. The van der Waals surface area contributed by atoms with Crippen molar-refractivity contribution in [1.82, 2.24) is 10.7 Å². The van der Waals surface area contributed by atoms with Crippen LogP contribution in [0.1, 0.15) is 18.1 Å². The van der Waals surface area contributed by atoms with Gasteiger partial charge in [0.05, 0.1) is 5.71 Å². The molecule has 0 heterocycles. The minimum atomic E-state index is -2.93. The molecule has 0 saturated carbocycles. The number of hydrazone groups is 1. The molecule has 28 heavy (non-hydrogen) atoms.